The Balaban J connectivity index is 1.48. The van der Waals surface area contributed by atoms with Crippen LogP contribution in [0.5, 0.6) is 0 Å². The number of thiocarbonyl (C=S) groups is 1. The maximum atomic E-state index is 12.7. The van der Waals surface area contributed by atoms with Gasteiger partial charge in [-0.25, -0.2) is 4.99 Å². The van der Waals surface area contributed by atoms with Crippen LogP contribution >= 0.6 is 39.7 Å². The monoisotopic (exact) mass is 465 g/mol. The number of benzene rings is 1. The van der Waals surface area contributed by atoms with Crippen LogP contribution in [0.15, 0.2) is 52.0 Å². The Labute approximate surface area is 176 Å². The summed E-state index contributed by atoms with van der Waals surface area (Å²) in [6.45, 7) is 0.812. The lowest BCUT2D eigenvalue weighted by Crippen LogP contribution is -2.46. The van der Waals surface area contributed by atoms with Gasteiger partial charge in [0.05, 0.1) is 5.71 Å². The second-order valence-corrected chi connectivity index (χ2v) is 7.90. The second-order valence-electron chi connectivity index (χ2n) is 6.18. The van der Waals surface area contributed by atoms with Crippen molar-refractivity contribution in [1.29, 1.82) is 0 Å². The molecule has 8 heteroatoms. The van der Waals surface area contributed by atoms with Gasteiger partial charge in [-0.15, -0.1) is 0 Å². The van der Waals surface area contributed by atoms with E-state index in [0.29, 0.717) is 36.7 Å². The summed E-state index contributed by atoms with van der Waals surface area (Å²) >= 11 is 14.5. The number of aliphatic imine (C=N–C) groups is 1. The van der Waals surface area contributed by atoms with Crippen LogP contribution in [-0.2, 0) is 16.1 Å². The molecule has 5 nitrogen and oxygen atoms in total. The first-order valence-electron chi connectivity index (χ1n) is 8.44. The molecule has 0 radical (unpaired) electrons. The SMILES string of the molecule is O=C(CCCN1C(=O)C2C=C(Br)C=CC2=NC1=S)NCc1ccc(Cl)cc1. The quantitative estimate of drug-likeness (QED) is 0.649. The van der Waals surface area contributed by atoms with Crippen molar-refractivity contribution in [3.63, 3.8) is 0 Å². The molecule has 0 saturated heterocycles. The van der Waals surface area contributed by atoms with Gasteiger partial charge in [-0.3, -0.25) is 14.5 Å². The summed E-state index contributed by atoms with van der Waals surface area (Å²) in [6, 6.07) is 7.31. The van der Waals surface area contributed by atoms with Crippen LogP contribution in [0.3, 0.4) is 0 Å². The van der Waals surface area contributed by atoms with E-state index in [1.807, 2.05) is 24.3 Å². The molecule has 1 aliphatic carbocycles. The number of nitrogens with zero attached hydrogens (tertiary/aromatic N) is 2. The molecule has 1 unspecified atom stereocenters. The van der Waals surface area contributed by atoms with Crippen molar-refractivity contribution in [2.75, 3.05) is 6.54 Å². The average molecular weight is 467 g/mol. The Hall–Kier alpha value is -1.83. The van der Waals surface area contributed by atoms with E-state index in [-0.39, 0.29) is 16.9 Å². The number of amides is 2. The van der Waals surface area contributed by atoms with E-state index >= 15 is 0 Å². The normalized spacial score (nSPS) is 18.7. The summed E-state index contributed by atoms with van der Waals surface area (Å²) in [4.78, 5) is 30.5. The molecule has 0 bridgehead atoms. The van der Waals surface area contributed by atoms with Gasteiger partial charge in [0.2, 0.25) is 16.9 Å². The first-order chi connectivity index (χ1) is 12.9. The number of carbonyl (C=O) groups is 2. The minimum atomic E-state index is -0.421. The van der Waals surface area contributed by atoms with E-state index in [1.165, 1.54) is 4.90 Å². The zero-order valence-corrected chi connectivity index (χ0v) is 17.5. The van der Waals surface area contributed by atoms with Crippen LogP contribution in [0.2, 0.25) is 5.02 Å². The third-order valence-electron chi connectivity index (χ3n) is 4.23. The van der Waals surface area contributed by atoms with Crippen molar-refractivity contribution < 1.29 is 9.59 Å². The number of nitrogens with one attached hydrogen (secondary N) is 1. The molecule has 0 fully saturated rings. The molecule has 1 aromatic rings. The van der Waals surface area contributed by atoms with Crippen molar-refractivity contribution in [2.24, 2.45) is 10.9 Å². The van der Waals surface area contributed by atoms with Gasteiger partial charge in [-0.2, -0.15) is 0 Å². The van der Waals surface area contributed by atoms with E-state index < -0.39 is 5.92 Å². The standard InChI is InChI=1S/C19H17BrClN3O2S/c20-13-5-8-16-15(10-13)18(26)24(19(27)23-16)9-1-2-17(25)22-11-12-3-6-14(21)7-4-12/h3-8,10,15H,1-2,9,11H2,(H,22,25). The highest BCUT2D eigenvalue weighted by Crippen LogP contribution is 2.25. The van der Waals surface area contributed by atoms with Gasteiger partial charge in [0.15, 0.2) is 0 Å². The van der Waals surface area contributed by atoms with Crippen molar-refractivity contribution in [1.82, 2.24) is 10.2 Å². The van der Waals surface area contributed by atoms with Crippen molar-refractivity contribution in [2.45, 2.75) is 19.4 Å². The molecule has 1 aliphatic heterocycles. The summed E-state index contributed by atoms with van der Waals surface area (Å²) < 4.78 is 0.842. The predicted octanol–water partition coefficient (Wildman–Crippen LogP) is 3.77. The third-order valence-corrected chi connectivity index (χ3v) is 5.33. The molecule has 0 spiro atoms. The van der Waals surface area contributed by atoms with Crippen molar-refractivity contribution >= 4 is 62.4 Å². The van der Waals surface area contributed by atoms with Crippen LogP contribution in [0.1, 0.15) is 18.4 Å². The Morgan fingerprint density at radius 1 is 1.30 bits per heavy atom. The maximum Gasteiger partial charge on any atom is 0.241 e. The Morgan fingerprint density at radius 3 is 2.78 bits per heavy atom. The minimum Gasteiger partial charge on any atom is -0.352 e. The van der Waals surface area contributed by atoms with Gasteiger partial charge >= 0.3 is 0 Å². The molecule has 140 valence electrons. The van der Waals surface area contributed by atoms with Crippen molar-refractivity contribution in [3.8, 4) is 0 Å². The Kier molecular flexibility index (Phi) is 6.57. The first kappa shape index (κ1) is 19.9. The fourth-order valence-corrected chi connectivity index (χ4v) is 3.61. The van der Waals surface area contributed by atoms with Crippen LogP contribution in [0.4, 0.5) is 0 Å². The third kappa shape index (κ3) is 5.12. The highest BCUT2D eigenvalue weighted by molar-refractivity contribution is 9.11. The highest BCUT2D eigenvalue weighted by Gasteiger charge is 2.34. The van der Waals surface area contributed by atoms with E-state index in [4.69, 9.17) is 23.8 Å². The lowest BCUT2D eigenvalue weighted by Gasteiger charge is -2.30. The van der Waals surface area contributed by atoms with E-state index in [9.17, 15) is 9.59 Å². The molecule has 1 atom stereocenters. The Morgan fingerprint density at radius 2 is 2.04 bits per heavy atom. The van der Waals surface area contributed by atoms with Crippen LogP contribution in [0.25, 0.3) is 0 Å². The minimum absolute atomic E-state index is 0.0762. The number of carbonyl (C=O) groups excluding carboxylic acids is 2. The molecule has 2 aliphatic rings. The summed E-state index contributed by atoms with van der Waals surface area (Å²) in [5.74, 6) is -0.601. The number of hydrogen-bond acceptors (Lipinski definition) is 3. The number of fused-ring (bicyclic) bond motifs is 1. The molecule has 1 N–H and O–H groups in total. The molecule has 0 aromatic heterocycles. The zero-order valence-electron chi connectivity index (χ0n) is 14.3. The maximum absolute atomic E-state index is 12.7. The summed E-state index contributed by atoms with van der Waals surface area (Å²) in [5.41, 5.74) is 1.63. The molecule has 1 heterocycles. The van der Waals surface area contributed by atoms with Gasteiger partial charge in [-0.05, 0) is 48.5 Å². The van der Waals surface area contributed by atoms with Gasteiger partial charge in [0, 0.05) is 29.0 Å². The molecule has 0 saturated carbocycles. The fourth-order valence-electron chi connectivity index (χ4n) is 2.80. The largest absolute Gasteiger partial charge is 0.352 e. The number of rotatable bonds is 6. The molecule has 2 amide bonds. The molecule has 1 aromatic carbocycles. The van der Waals surface area contributed by atoms with Gasteiger partial charge in [0.1, 0.15) is 5.92 Å². The zero-order chi connectivity index (χ0) is 19.4. The van der Waals surface area contributed by atoms with Crippen LogP contribution < -0.4 is 5.32 Å². The van der Waals surface area contributed by atoms with Gasteiger partial charge < -0.3 is 5.32 Å². The number of hydrogen-bond donors (Lipinski definition) is 1. The smallest absolute Gasteiger partial charge is 0.241 e. The van der Waals surface area contributed by atoms with E-state index in [1.54, 1.807) is 18.2 Å². The Bertz CT molecular complexity index is 864. The predicted molar refractivity (Wildman–Crippen MR) is 114 cm³/mol. The summed E-state index contributed by atoms with van der Waals surface area (Å²) in [6.07, 6.45) is 6.26. The van der Waals surface area contributed by atoms with E-state index in [0.717, 1.165) is 10.0 Å². The van der Waals surface area contributed by atoms with Crippen molar-refractivity contribution in [3.05, 3.63) is 57.6 Å². The molecule has 3 rings (SSSR count). The molecular formula is C19H17BrClN3O2S. The lowest BCUT2D eigenvalue weighted by molar-refractivity contribution is -0.129. The second kappa shape index (κ2) is 8.91. The number of halogens is 2. The van der Waals surface area contributed by atoms with Gasteiger partial charge in [-0.1, -0.05) is 45.7 Å². The van der Waals surface area contributed by atoms with Crippen LogP contribution in [-0.4, -0.2) is 34.1 Å². The number of allylic oxidation sites excluding steroid dienone is 3. The highest BCUT2D eigenvalue weighted by atomic mass is 79.9. The van der Waals surface area contributed by atoms with Crippen LogP contribution in [0, 0.1) is 5.92 Å². The van der Waals surface area contributed by atoms with Gasteiger partial charge in [0.25, 0.3) is 0 Å². The average Bonchev–Trinajstić information content (AvgIpc) is 2.64. The topological polar surface area (TPSA) is 61.8 Å². The van der Waals surface area contributed by atoms with E-state index in [2.05, 4.69) is 26.2 Å². The lowest BCUT2D eigenvalue weighted by atomic mass is 9.95. The first-order valence-corrected chi connectivity index (χ1v) is 10.0. The fraction of sp³-hybridized carbons (Fsp3) is 0.263. The summed E-state index contributed by atoms with van der Waals surface area (Å²) in [7, 11) is 0. The summed E-state index contributed by atoms with van der Waals surface area (Å²) in [5, 5.41) is 3.77. The molecule has 27 heavy (non-hydrogen) atoms. The molecular weight excluding hydrogens is 450 g/mol.